The van der Waals surface area contributed by atoms with Gasteiger partial charge < -0.3 is 5.32 Å². The van der Waals surface area contributed by atoms with Gasteiger partial charge in [-0.3, -0.25) is 9.59 Å². The van der Waals surface area contributed by atoms with E-state index in [4.69, 9.17) is 0 Å². The highest BCUT2D eigenvalue weighted by molar-refractivity contribution is 5.88. The molecular formula is C25H33NO2. The summed E-state index contributed by atoms with van der Waals surface area (Å²) in [4.78, 5) is 25.8. The molecule has 0 saturated heterocycles. The number of ketones is 1. The summed E-state index contributed by atoms with van der Waals surface area (Å²) in [5, 5.41) is 3.00. The van der Waals surface area contributed by atoms with Gasteiger partial charge in [-0.05, 0) is 22.5 Å². The minimum Gasteiger partial charge on any atom is -0.355 e. The van der Waals surface area contributed by atoms with E-state index in [0.29, 0.717) is 13.0 Å². The summed E-state index contributed by atoms with van der Waals surface area (Å²) in [5.74, 6) is -0.0115. The first-order chi connectivity index (χ1) is 13.2. The van der Waals surface area contributed by atoms with Crippen LogP contribution in [0, 0.1) is 11.3 Å². The van der Waals surface area contributed by atoms with Gasteiger partial charge in [-0.25, -0.2) is 0 Å². The van der Waals surface area contributed by atoms with Crippen LogP contribution in [0.3, 0.4) is 0 Å². The Labute approximate surface area is 169 Å². The van der Waals surface area contributed by atoms with Gasteiger partial charge >= 0.3 is 0 Å². The molecule has 0 aliphatic rings. The summed E-state index contributed by atoms with van der Waals surface area (Å²) < 4.78 is 0. The number of carbonyl (C=O) groups excluding carboxylic acids is 2. The molecule has 0 aromatic heterocycles. The summed E-state index contributed by atoms with van der Waals surface area (Å²) in [5.41, 5.74) is 1.84. The number of rotatable bonds is 8. The van der Waals surface area contributed by atoms with Crippen LogP contribution in [0.2, 0.25) is 0 Å². The van der Waals surface area contributed by atoms with Crippen molar-refractivity contribution in [2.24, 2.45) is 11.3 Å². The molecule has 1 amide bonds. The van der Waals surface area contributed by atoms with Gasteiger partial charge in [0.2, 0.25) is 5.91 Å². The second kappa shape index (κ2) is 9.68. The van der Waals surface area contributed by atoms with Gasteiger partial charge in [0.1, 0.15) is 5.78 Å². The minimum absolute atomic E-state index is 0.0210. The molecule has 2 unspecified atom stereocenters. The van der Waals surface area contributed by atoms with E-state index < -0.39 is 0 Å². The third-order valence-corrected chi connectivity index (χ3v) is 5.10. The molecule has 150 valence electrons. The first-order valence-corrected chi connectivity index (χ1v) is 10.1. The molecule has 0 saturated carbocycles. The quantitative estimate of drug-likeness (QED) is 0.674. The lowest BCUT2D eigenvalue weighted by Gasteiger charge is -2.30. The fourth-order valence-corrected chi connectivity index (χ4v) is 3.86. The van der Waals surface area contributed by atoms with E-state index in [2.05, 4.69) is 39.9 Å². The van der Waals surface area contributed by atoms with E-state index in [1.54, 1.807) is 0 Å². The Bertz CT molecular complexity index is 760. The lowest BCUT2D eigenvalue weighted by atomic mass is 9.76. The average Bonchev–Trinajstić information content (AvgIpc) is 2.62. The second-order valence-electron chi connectivity index (χ2n) is 8.85. The Hall–Kier alpha value is -2.42. The summed E-state index contributed by atoms with van der Waals surface area (Å²) >= 11 is 0. The Balaban J connectivity index is 2.02. The molecule has 28 heavy (non-hydrogen) atoms. The maximum atomic E-state index is 12.9. The molecule has 0 aliphatic carbocycles. The molecule has 0 spiro atoms. The van der Waals surface area contributed by atoms with E-state index in [9.17, 15) is 9.59 Å². The van der Waals surface area contributed by atoms with E-state index >= 15 is 0 Å². The van der Waals surface area contributed by atoms with Crippen LogP contribution in [0.25, 0.3) is 0 Å². The predicted octanol–water partition coefficient (Wildman–Crippen LogP) is 5.33. The average molecular weight is 380 g/mol. The van der Waals surface area contributed by atoms with Crippen LogP contribution in [0.5, 0.6) is 0 Å². The van der Waals surface area contributed by atoms with Crippen molar-refractivity contribution < 1.29 is 9.59 Å². The van der Waals surface area contributed by atoms with Crippen LogP contribution in [0.4, 0.5) is 0 Å². The van der Waals surface area contributed by atoms with Gasteiger partial charge in [0.15, 0.2) is 0 Å². The van der Waals surface area contributed by atoms with Crippen LogP contribution in [-0.4, -0.2) is 18.2 Å². The topological polar surface area (TPSA) is 46.2 Å². The lowest BCUT2D eigenvalue weighted by molar-refractivity contribution is -0.125. The Morgan fingerprint density at radius 2 is 1.36 bits per heavy atom. The van der Waals surface area contributed by atoms with Crippen molar-refractivity contribution in [3.05, 3.63) is 71.8 Å². The molecule has 0 fully saturated rings. The van der Waals surface area contributed by atoms with Crippen molar-refractivity contribution in [1.29, 1.82) is 0 Å². The molecular weight excluding hydrogens is 346 g/mol. The lowest BCUT2D eigenvalue weighted by Crippen LogP contribution is -2.37. The van der Waals surface area contributed by atoms with Crippen molar-refractivity contribution in [3.8, 4) is 0 Å². The fraction of sp³-hybridized carbons (Fsp3) is 0.440. The minimum atomic E-state index is -0.251. The highest BCUT2D eigenvalue weighted by atomic mass is 16.2. The van der Waals surface area contributed by atoms with Crippen LogP contribution in [0.15, 0.2) is 60.7 Å². The number of amides is 1. The molecule has 0 radical (unpaired) electrons. The van der Waals surface area contributed by atoms with Crippen molar-refractivity contribution in [2.45, 2.75) is 52.9 Å². The number of nitrogens with one attached hydrogen (secondary N) is 1. The summed E-state index contributed by atoms with van der Waals surface area (Å²) in [6.45, 7) is 10.7. The first-order valence-electron chi connectivity index (χ1n) is 10.1. The van der Waals surface area contributed by atoms with E-state index in [0.717, 1.165) is 11.1 Å². The normalized spacial score (nSPS) is 13.8. The predicted molar refractivity (Wildman–Crippen MR) is 115 cm³/mol. The molecule has 2 atom stereocenters. The molecule has 2 aromatic carbocycles. The first kappa shape index (κ1) is 21.9. The van der Waals surface area contributed by atoms with E-state index in [1.165, 1.54) is 0 Å². The SMILES string of the molecule is CC(C)C(C(=O)CCNC(=O)C(c1ccccc1)C(C)(C)C)c1ccccc1. The second-order valence-corrected chi connectivity index (χ2v) is 8.85. The zero-order valence-corrected chi connectivity index (χ0v) is 17.7. The smallest absolute Gasteiger partial charge is 0.228 e. The highest BCUT2D eigenvalue weighted by Gasteiger charge is 2.32. The monoisotopic (exact) mass is 379 g/mol. The third-order valence-electron chi connectivity index (χ3n) is 5.10. The van der Waals surface area contributed by atoms with Crippen LogP contribution in [0.1, 0.15) is 64.0 Å². The van der Waals surface area contributed by atoms with Crippen molar-refractivity contribution in [1.82, 2.24) is 5.32 Å². The van der Waals surface area contributed by atoms with Gasteiger partial charge in [-0.2, -0.15) is 0 Å². The third kappa shape index (κ3) is 5.79. The molecule has 1 N–H and O–H groups in total. The zero-order valence-electron chi connectivity index (χ0n) is 17.7. The molecule has 3 heteroatoms. The summed E-state index contributed by atoms with van der Waals surface area (Å²) in [7, 11) is 0. The van der Waals surface area contributed by atoms with Gasteiger partial charge in [-0.15, -0.1) is 0 Å². The van der Waals surface area contributed by atoms with Crippen molar-refractivity contribution in [2.75, 3.05) is 6.54 Å². The van der Waals surface area contributed by atoms with Crippen molar-refractivity contribution in [3.63, 3.8) is 0 Å². The molecule has 0 aliphatic heterocycles. The standard InChI is InChI=1S/C25H33NO2/c1-18(2)22(19-12-8-6-9-13-19)21(27)16-17-26-24(28)23(25(3,4)5)20-14-10-7-11-15-20/h6-15,18,22-23H,16-17H2,1-5H3,(H,26,28). The van der Waals surface area contributed by atoms with Gasteiger partial charge in [0.25, 0.3) is 0 Å². The number of carbonyl (C=O) groups is 2. The van der Waals surface area contributed by atoms with Gasteiger partial charge in [0, 0.05) is 18.9 Å². The Morgan fingerprint density at radius 1 is 0.857 bits per heavy atom. The molecule has 3 nitrogen and oxygen atoms in total. The van der Waals surface area contributed by atoms with E-state index in [1.807, 2.05) is 60.7 Å². The molecule has 2 aromatic rings. The van der Waals surface area contributed by atoms with Crippen LogP contribution in [-0.2, 0) is 9.59 Å². The number of hydrogen-bond acceptors (Lipinski definition) is 2. The number of benzene rings is 2. The Kier molecular flexibility index (Phi) is 7.56. The van der Waals surface area contributed by atoms with Gasteiger partial charge in [0.05, 0.1) is 5.92 Å². The zero-order chi connectivity index (χ0) is 20.7. The van der Waals surface area contributed by atoms with Crippen LogP contribution < -0.4 is 5.32 Å². The van der Waals surface area contributed by atoms with Crippen molar-refractivity contribution >= 4 is 11.7 Å². The number of Topliss-reactive ketones (excluding diaryl/α,β-unsaturated/α-hetero) is 1. The highest BCUT2D eigenvalue weighted by Crippen LogP contribution is 2.35. The maximum absolute atomic E-state index is 12.9. The van der Waals surface area contributed by atoms with Gasteiger partial charge in [-0.1, -0.05) is 95.3 Å². The van der Waals surface area contributed by atoms with E-state index in [-0.39, 0.29) is 34.9 Å². The molecule has 2 rings (SSSR count). The molecule has 0 bridgehead atoms. The molecule has 0 heterocycles. The number of hydrogen-bond donors (Lipinski definition) is 1. The summed E-state index contributed by atoms with van der Waals surface area (Å²) in [6.07, 6.45) is 0.342. The maximum Gasteiger partial charge on any atom is 0.228 e. The largest absolute Gasteiger partial charge is 0.355 e. The Morgan fingerprint density at radius 3 is 1.82 bits per heavy atom. The van der Waals surface area contributed by atoms with Crippen LogP contribution >= 0.6 is 0 Å². The summed E-state index contributed by atoms with van der Waals surface area (Å²) in [6, 6.07) is 19.8. The fourth-order valence-electron chi connectivity index (χ4n) is 3.86.